The third-order valence-corrected chi connectivity index (χ3v) is 4.60. The minimum atomic E-state index is -0.532. The van der Waals surface area contributed by atoms with Crippen molar-refractivity contribution in [2.24, 2.45) is 5.10 Å². The second-order valence-electron chi connectivity index (χ2n) is 5.50. The van der Waals surface area contributed by atoms with Gasteiger partial charge in [0.25, 0.3) is 0 Å². The summed E-state index contributed by atoms with van der Waals surface area (Å²) in [5, 5.41) is 15.9. The van der Waals surface area contributed by atoms with Crippen LogP contribution in [0.2, 0.25) is 0 Å². The molecule has 0 spiro atoms. The molecule has 11 heteroatoms. The number of methoxy groups -OCH3 is 1. The summed E-state index contributed by atoms with van der Waals surface area (Å²) in [6.07, 6.45) is 1.96. The third kappa shape index (κ3) is 5.41. The van der Waals surface area contributed by atoms with Crippen molar-refractivity contribution >= 4 is 34.3 Å². The molecule has 0 saturated carbocycles. The molecule has 1 aromatic heterocycles. The molecule has 1 aromatic carbocycles. The van der Waals surface area contributed by atoms with Crippen LogP contribution in [0.25, 0.3) is 0 Å². The monoisotopic (exact) mass is 422 g/mol. The topological polar surface area (TPSA) is 125 Å². The predicted molar refractivity (Wildman–Crippen MR) is 109 cm³/mol. The Balaban J connectivity index is 2.29. The Labute approximate surface area is 171 Å². The second kappa shape index (κ2) is 10.4. The van der Waals surface area contributed by atoms with Crippen molar-refractivity contribution in [2.75, 3.05) is 25.7 Å². The second-order valence-corrected chi connectivity index (χ2v) is 6.50. The maximum atomic E-state index is 11.8. The van der Waals surface area contributed by atoms with Crippen molar-refractivity contribution in [3.63, 3.8) is 0 Å². The molecule has 0 aliphatic rings. The summed E-state index contributed by atoms with van der Waals surface area (Å²) >= 11 is 1.12. The highest BCUT2D eigenvalue weighted by atomic mass is 32.1. The number of carbonyl (C=O) groups is 1. The molecule has 0 aliphatic carbocycles. The highest BCUT2D eigenvalue weighted by molar-refractivity contribution is 7.17. The number of carbonyl (C=O) groups excluding carboxylic acids is 1. The molecule has 0 fully saturated rings. The molecule has 1 heterocycles. The predicted octanol–water partition coefficient (Wildman–Crippen LogP) is 3.64. The van der Waals surface area contributed by atoms with Crippen LogP contribution in [0.15, 0.2) is 17.2 Å². The Morgan fingerprint density at radius 3 is 2.62 bits per heavy atom. The lowest BCUT2D eigenvalue weighted by atomic mass is 10.2. The van der Waals surface area contributed by atoms with Crippen LogP contribution >= 0.6 is 11.3 Å². The first kappa shape index (κ1) is 22.1. The normalized spacial score (nSPS) is 10.8. The number of nitro benzene ring substituents is 1. The van der Waals surface area contributed by atoms with Crippen LogP contribution in [-0.2, 0) is 11.2 Å². The molecule has 0 amide bonds. The lowest BCUT2D eigenvalue weighted by Gasteiger charge is -2.11. The molecule has 0 atom stereocenters. The fraction of sp³-hybridized carbons (Fsp3) is 0.389. The number of ether oxygens (including phenoxy) is 3. The van der Waals surface area contributed by atoms with Gasteiger partial charge in [0.2, 0.25) is 10.9 Å². The fourth-order valence-corrected chi connectivity index (χ4v) is 3.35. The van der Waals surface area contributed by atoms with E-state index in [4.69, 9.17) is 14.2 Å². The van der Waals surface area contributed by atoms with Gasteiger partial charge in [0, 0.05) is 11.6 Å². The van der Waals surface area contributed by atoms with Crippen molar-refractivity contribution in [3.8, 4) is 11.5 Å². The smallest absolute Gasteiger partial charge is 0.350 e. The van der Waals surface area contributed by atoms with E-state index in [0.29, 0.717) is 34.3 Å². The van der Waals surface area contributed by atoms with Gasteiger partial charge in [-0.15, -0.1) is 0 Å². The maximum absolute atomic E-state index is 11.8. The number of nitro groups is 1. The van der Waals surface area contributed by atoms with E-state index in [1.165, 1.54) is 19.4 Å². The van der Waals surface area contributed by atoms with E-state index in [0.717, 1.165) is 11.3 Å². The molecule has 10 nitrogen and oxygen atoms in total. The van der Waals surface area contributed by atoms with E-state index in [1.54, 1.807) is 19.9 Å². The largest absolute Gasteiger partial charge is 0.490 e. The molecule has 2 rings (SSSR count). The van der Waals surface area contributed by atoms with Crippen LogP contribution in [0.5, 0.6) is 11.5 Å². The van der Waals surface area contributed by atoms with Gasteiger partial charge < -0.3 is 14.2 Å². The van der Waals surface area contributed by atoms with Crippen LogP contribution in [0.4, 0.5) is 10.8 Å². The maximum Gasteiger partial charge on any atom is 0.350 e. The van der Waals surface area contributed by atoms with Crippen molar-refractivity contribution in [1.29, 1.82) is 0 Å². The summed E-state index contributed by atoms with van der Waals surface area (Å²) in [7, 11) is 1.31. The number of nitrogens with one attached hydrogen (secondary N) is 1. The van der Waals surface area contributed by atoms with Crippen molar-refractivity contribution < 1.29 is 23.9 Å². The highest BCUT2D eigenvalue weighted by Crippen LogP contribution is 2.38. The third-order valence-electron chi connectivity index (χ3n) is 3.62. The van der Waals surface area contributed by atoms with E-state index < -0.39 is 10.9 Å². The number of aryl methyl sites for hydroxylation is 1. The summed E-state index contributed by atoms with van der Waals surface area (Å²) in [6, 6.07) is 2.95. The van der Waals surface area contributed by atoms with Gasteiger partial charge in [0.05, 0.1) is 37.2 Å². The molecule has 0 bridgehead atoms. The Hall–Kier alpha value is -3.21. The number of esters is 1. The van der Waals surface area contributed by atoms with Gasteiger partial charge in [0.1, 0.15) is 4.88 Å². The summed E-state index contributed by atoms with van der Waals surface area (Å²) in [6.45, 7) is 5.98. The Morgan fingerprint density at radius 2 is 2.03 bits per heavy atom. The first-order chi connectivity index (χ1) is 13.9. The Morgan fingerprint density at radius 1 is 1.31 bits per heavy atom. The summed E-state index contributed by atoms with van der Waals surface area (Å²) in [5.41, 5.74) is 3.57. The molecule has 1 N–H and O–H groups in total. The standard InChI is InChI=1S/C18H22N4O6S/c1-5-12-16(17(23)26-4)29-18(20-12)21-19-10-11-8-13(22(24)25)15(28-7-3)14(9-11)27-6-2/h8-10H,5-7H2,1-4H3,(H,20,21)/b19-10-. The molecule has 156 valence electrons. The Bertz CT molecular complexity index is 912. The van der Waals surface area contributed by atoms with Crippen LogP contribution in [0, 0.1) is 10.1 Å². The van der Waals surface area contributed by atoms with Crippen LogP contribution < -0.4 is 14.9 Å². The molecule has 29 heavy (non-hydrogen) atoms. The van der Waals surface area contributed by atoms with Crippen molar-refractivity contribution in [3.05, 3.63) is 38.4 Å². The number of hydrazone groups is 1. The first-order valence-electron chi connectivity index (χ1n) is 8.90. The SMILES string of the molecule is CCOc1cc(/C=N\Nc2nc(CC)c(C(=O)OC)s2)cc([N+](=O)[O-])c1OCC. The zero-order valence-corrected chi connectivity index (χ0v) is 17.4. The minimum Gasteiger partial charge on any atom is -0.490 e. The first-order valence-corrected chi connectivity index (χ1v) is 9.71. The van der Waals surface area contributed by atoms with Gasteiger partial charge in [-0.25, -0.2) is 9.78 Å². The zero-order chi connectivity index (χ0) is 21.4. The molecule has 0 radical (unpaired) electrons. The van der Waals surface area contributed by atoms with Gasteiger partial charge in [-0.05, 0) is 26.3 Å². The molecule has 0 saturated heterocycles. The van der Waals surface area contributed by atoms with Crippen LogP contribution in [-0.4, -0.2) is 42.4 Å². The van der Waals surface area contributed by atoms with Crippen LogP contribution in [0.3, 0.4) is 0 Å². The van der Waals surface area contributed by atoms with Gasteiger partial charge in [-0.3, -0.25) is 15.5 Å². The number of hydrogen-bond donors (Lipinski definition) is 1. The van der Waals surface area contributed by atoms with Gasteiger partial charge in [0.15, 0.2) is 5.75 Å². The number of anilines is 1. The fourth-order valence-electron chi connectivity index (χ4n) is 2.42. The van der Waals surface area contributed by atoms with Gasteiger partial charge >= 0.3 is 11.7 Å². The lowest BCUT2D eigenvalue weighted by molar-refractivity contribution is -0.385. The summed E-state index contributed by atoms with van der Waals surface area (Å²) in [4.78, 5) is 27.4. The quantitative estimate of drug-likeness (QED) is 0.266. The highest BCUT2D eigenvalue weighted by Gasteiger charge is 2.22. The molecular formula is C18H22N4O6S. The molecule has 0 unspecified atom stereocenters. The zero-order valence-electron chi connectivity index (χ0n) is 16.6. The number of benzene rings is 1. The molecular weight excluding hydrogens is 400 g/mol. The number of nitrogens with zero attached hydrogens (tertiary/aromatic N) is 3. The van der Waals surface area contributed by atoms with Crippen molar-refractivity contribution in [1.82, 2.24) is 4.98 Å². The number of rotatable bonds is 10. The Kier molecular flexibility index (Phi) is 7.89. The van der Waals surface area contributed by atoms with E-state index in [9.17, 15) is 14.9 Å². The minimum absolute atomic E-state index is 0.0830. The number of hydrogen-bond acceptors (Lipinski definition) is 10. The van der Waals surface area contributed by atoms with E-state index in [2.05, 4.69) is 15.5 Å². The van der Waals surface area contributed by atoms with E-state index >= 15 is 0 Å². The van der Waals surface area contributed by atoms with E-state index in [-0.39, 0.29) is 23.8 Å². The number of thiazole rings is 1. The number of aromatic nitrogens is 1. The summed E-state index contributed by atoms with van der Waals surface area (Å²) in [5.74, 6) is -0.111. The molecule has 2 aromatic rings. The summed E-state index contributed by atoms with van der Waals surface area (Å²) < 4.78 is 15.6. The van der Waals surface area contributed by atoms with Gasteiger partial charge in [-0.1, -0.05) is 18.3 Å². The average Bonchev–Trinajstić information content (AvgIpc) is 3.12. The van der Waals surface area contributed by atoms with Crippen LogP contribution in [0.1, 0.15) is 41.7 Å². The van der Waals surface area contributed by atoms with Gasteiger partial charge in [-0.2, -0.15) is 5.10 Å². The molecule has 0 aliphatic heterocycles. The van der Waals surface area contributed by atoms with E-state index in [1.807, 2.05) is 6.92 Å². The van der Waals surface area contributed by atoms with Crippen molar-refractivity contribution in [2.45, 2.75) is 27.2 Å². The lowest BCUT2D eigenvalue weighted by Crippen LogP contribution is -2.03. The average molecular weight is 422 g/mol.